The number of rotatable bonds is 5. The third-order valence-corrected chi connectivity index (χ3v) is 4.10. The molecule has 0 radical (unpaired) electrons. The van der Waals surface area contributed by atoms with Crippen LogP contribution in [0.5, 0.6) is 0 Å². The van der Waals surface area contributed by atoms with Gasteiger partial charge in [0.15, 0.2) is 0 Å². The van der Waals surface area contributed by atoms with Crippen molar-refractivity contribution in [3.05, 3.63) is 64.7 Å². The largest absolute Gasteiger partial charge is 0.466 e. The fraction of sp³-hybridized carbons (Fsp3) is 0.200. The van der Waals surface area contributed by atoms with E-state index in [0.717, 1.165) is 27.8 Å². The van der Waals surface area contributed by atoms with Crippen LogP contribution in [-0.2, 0) is 11.2 Å². The van der Waals surface area contributed by atoms with Crippen molar-refractivity contribution in [3.63, 3.8) is 0 Å². The predicted octanol–water partition coefficient (Wildman–Crippen LogP) is 3.64. The van der Waals surface area contributed by atoms with Gasteiger partial charge in [0, 0.05) is 29.2 Å². The minimum absolute atomic E-state index is 0.0721. The molecule has 0 spiro atoms. The number of aromatic nitrogens is 1. The Hall–Kier alpha value is -3.26. The Morgan fingerprint density at radius 2 is 2.16 bits per heavy atom. The molecule has 1 amide bonds. The highest BCUT2D eigenvalue weighted by molar-refractivity contribution is 6.01. The number of nitrogens with zero attached hydrogens (tertiary/aromatic N) is 1. The zero-order valence-electron chi connectivity index (χ0n) is 14.2. The van der Waals surface area contributed by atoms with Gasteiger partial charge < -0.3 is 14.7 Å². The average molecular weight is 333 g/mol. The molecule has 0 saturated carbocycles. The van der Waals surface area contributed by atoms with E-state index >= 15 is 0 Å². The molecular weight excluding hydrogens is 314 g/mol. The number of nitriles is 1. The van der Waals surface area contributed by atoms with Gasteiger partial charge in [-0.3, -0.25) is 4.79 Å². The minimum atomic E-state index is -0.374. The van der Waals surface area contributed by atoms with Crippen LogP contribution in [0.25, 0.3) is 17.0 Å². The quantitative estimate of drug-likeness (QED) is 0.552. The molecule has 0 aliphatic carbocycles. The van der Waals surface area contributed by atoms with Gasteiger partial charge in [0.25, 0.3) is 5.91 Å². The molecular formula is C20H19N3O2. The number of aryl methyl sites for hydroxylation is 2. The monoisotopic (exact) mass is 333 g/mol. The topological polar surface area (TPSA) is 81.8 Å². The second kappa shape index (κ2) is 7.10. The molecule has 0 aliphatic heterocycles. The Morgan fingerprint density at radius 3 is 2.88 bits per heavy atom. The summed E-state index contributed by atoms with van der Waals surface area (Å²) in [6, 6.07) is 11.8. The van der Waals surface area contributed by atoms with Crippen molar-refractivity contribution >= 4 is 22.9 Å². The van der Waals surface area contributed by atoms with E-state index in [0.29, 0.717) is 18.7 Å². The Bertz CT molecular complexity index is 986. The summed E-state index contributed by atoms with van der Waals surface area (Å²) in [7, 11) is 0. The molecule has 0 unspecified atom stereocenters. The zero-order chi connectivity index (χ0) is 17.8. The third kappa shape index (κ3) is 3.64. The average Bonchev–Trinajstić information content (AvgIpc) is 3.15. The van der Waals surface area contributed by atoms with E-state index in [1.807, 2.05) is 56.4 Å². The van der Waals surface area contributed by atoms with Gasteiger partial charge in [0.05, 0.1) is 0 Å². The van der Waals surface area contributed by atoms with Crippen LogP contribution in [0.3, 0.4) is 0 Å². The lowest BCUT2D eigenvalue weighted by molar-refractivity contribution is -0.117. The van der Waals surface area contributed by atoms with Crippen LogP contribution in [-0.4, -0.2) is 17.4 Å². The van der Waals surface area contributed by atoms with E-state index < -0.39 is 0 Å². The normalized spacial score (nSPS) is 11.5. The van der Waals surface area contributed by atoms with Crippen LogP contribution < -0.4 is 5.32 Å². The van der Waals surface area contributed by atoms with E-state index in [2.05, 4.69) is 10.3 Å². The molecule has 3 aromatic rings. The van der Waals surface area contributed by atoms with Gasteiger partial charge in [-0.1, -0.05) is 18.2 Å². The zero-order valence-corrected chi connectivity index (χ0v) is 14.2. The van der Waals surface area contributed by atoms with Crippen LogP contribution >= 0.6 is 0 Å². The number of hydrogen-bond donors (Lipinski definition) is 2. The molecule has 2 aromatic heterocycles. The summed E-state index contributed by atoms with van der Waals surface area (Å²) in [5.41, 5.74) is 3.04. The second-order valence-corrected chi connectivity index (χ2v) is 5.90. The summed E-state index contributed by atoms with van der Waals surface area (Å²) in [5.74, 6) is 1.07. The highest BCUT2D eigenvalue weighted by Gasteiger charge is 2.11. The summed E-state index contributed by atoms with van der Waals surface area (Å²) in [6.45, 7) is 4.10. The molecule has 0 atom stereocenters. The standard InChI is InChI=1S/C20H19N3O2/c1-13-9-16(14(2)25-13)10-17(11-21)20(24)22-8-7-15-12-23-19-6-4-3-5-18(15)19/h3-6,9-10,12,23H,7-8H2,1-2H3,(H,22,24)/b17-10-. The number of carbonyl (C=O) groups is 1. The predicted molar refractivity (Wildman–Crippen MR) is 96.8 cm³/mol. The van der Waals surface area contributed by atoms with Crippen molar-refractivity contribution in [1.29, 1.82) is 5.26 Å². The minimum Gasteiger partial charge on any atom is -0.466 e. The van der Waals surface area contributed by atoms with Crippen LogP contribution in [0.1, 0.15) is 22.6 Å². The van der Waals surface area contributed by atoms with Crippen LogP contribution in [0.4, 0.5) is 0 Å². The molecule has 1 aromatic carbocycles. The van der Waals surface area contributed by atoms with Crippen LogP contribution in [0.2, 0.25) is 0 Å². The highest BCUT2D eigenvalue weighted by Crippen LogP contribution is 2.18. The number of para-hydroxylation sites is 1. The number of aromatic amines is 1. The van der Waals surface area contributed by atoms with Gasteiger partial charge in [-0.25, -0.2) is 0 Å². The van der Waals surface area contributed by atoms with Gasteiger partial charge in [-0.15, -0.1) is 0 Å². The lowest BCUT2D eigenvalue weighted by atomic mass is 10.1. The number of fused-ring (bicyclic) bond motifs is 1. The lowest BCUT2D eigenvalue weighted by Gasteiger charge is -2.04. The molecule has 0 fully saturated rings. The molecule has 5 nitrogen and oxygen atoms in total. The number of benzene rings is 1. The van der Waals surface area contributed by atoms with E-state index in [1.54, 1.807) is 6.08 Å². The van der Waals surface area contributed by atoms with Crippen LogP contribution in [0.15, 0.2) is 46.5 Å². The van der Waals surface area contributed by atoms with Gasteiger partial charge in [0.2, 0.25) is 0 Å². The lowest BCUT2D eigenvalue weighted by Crippen LogP contribution is -2.26. The SMILES string of the molecule is Cc1cc(/C=C(/C#N)C(=O)NCCc2c[nH]c3ccccc23)c(C)o1. The molecule has 2 heterocycles. The van der Waals surface area contributed by atoms with Gasteiger partial charge in [0.1, 0.15) is 23.2 Å². The first-order chi connectivity index (χ1) is 12.1. The van der Waals surface area contributed by atoms with Crippen molar-refractivity contribution < 1.29 is 9.21 Å². The van der Waals surface area contributed by atoms with Gasteiger partial charge in [-0.2, -0.15) is 5.26 Å². The molecule has 3 rings (SSSR count). The maximum Gasteiger partial charge on any atom is 0.261 e. The molecule has 0 aliphatic rings. The van der Waals surface area contributed by atoms with Gasteiger partial charge >= 0.3 is 0 Å². The number of amides is 1. The summed E-state index contributed by atoms with van der Waals surface area (Å²) in [5, 5.41) is 13.2. The van der Waals surface area contributed by atoms with E-state index in [4.69, 9.17) is 4.42 Å². The fourth-order valence-corrected chi connectivity index (χ4v) is 2.84. The smallest absolute Gasteiger partial charge is 0.261 e. The number of nitrogens with one attached hydrogen (secondary N) is 2. The van der Waals surface area contributed by atoms with Crippen molar-refractivity contribution in [3.8, 4) is 6.07 Å². The Balaban J connectivity index is 1.65. The van der Waals surface area contributed by atoms with Crippen molar-refractivity contribution in [1.82, 2.24) is 10.3 Å². The Labute approximate surface area is 146 Å². The van der Waals surface area contributed by atoms with Crippen molar-refractivity contribution in [2.24, 2.45) is 0 Å². The summed E-state index contributed by atoms with van der Waals surface area (Å²) in [6.07, 6.45) is 4.21. The highest BCUT2D eigenvalue weighted by atomic mass is 16.3. The second-order valence-electron chi connectivity index (χ2n) is 5.90. The number of H-pyrrole nitrogens is 1. The van der Waals surface area contributed by atoms with E-state index in [1.165, 1.54) is 0 Å². The van der Waals surface area contributed by atoms with Crippen LogP contribution in [0, 0.1) is 25.2 Å². The first kappa shape index (κ1) is 16.6. The molecule has 5 heteroatoms. The Morgan fingerprint density at radius 1 is 1.36 bits per heavy atom. The molecule has 0 saturated heterocycles. The van der Waals surface area contributed by atoms with Crippen molar-refractivity contribution in [2.75, 3.05) is 6.54 Å². The maximum absolute atomic E-state index is 12.2. The number of hydrogen-bond acceptors (Lipinski definition) is 3. The third-order valence-electron chi connectivity index (χ3n) is 4.10. The van der Waals surface area contributed by atoms with E-state index in [9.17, 15) is 10.1 Å². The number of furan rings is 1. The fourth-order valence-electron chi connectivity index (χ4n) is 2.84. The Kier molecular flexibility index (Phi) is 4.71. The first-order valence-electron chi connectivity index (χ1n) is 8.10. The molecule has 25 heavy (non-hydrogen) atoms. The maximum atomic E-state index is 12.2. The summed E-state index contributed by atoms with van der Waals surface area (Å²) < 4.78 is 5.42. The summed E-state index contributed by atoms with van der Waals surface area (Å²) in [4.78, 5) is 15.5. The first-order valence-corrected chi connectivity index (χ1v) is 8.10. The van der Waals surface area contributed by atoms with E-state index in [-0.39, 0.29) is 11.5 Å². The van der Waals surface area contributed by atoms with Gasteiger partial charge in [-0.05, 0) is 44.0 Å². The molecule has 2 N–H and O–H groups in total. The molecule has 126 valence electrons. The number of carbonyl (C=O) groups excluding carboxylic acids is 1. The van der Waals surface area contributed by atoms with Crippen molar-refractivity contribution in [2.45, 2.75) is 20.3 Å². The molecule has 0 bridgehead atoms. The summed E-state index contributed by atoms with van der Waals surface area (Å²) >= 11 is 0.